The van der Waals surface area contributed by atoms with Gasteiger partial charge in [-0.3, -0.25) is 0 Å². The van der Waals surface area contributed by atoms with E-state index in [1.54, 1.807) is 6.20 Å². The molecule has 2 rings (SSSR count). The Kier molecular flexibility index (Phi) is 5.42. The number of nitrogens with one attached hydrogen (secondary N) is 1. The van der Waals surface area contributed by atoms with Gasteiger partial charge in [0.15, 0.2) is 5.75 Å². The molecule has 1 saturated heterocycles. The molecule has 19 heavy (non-hydrogen) atoms. The summed E-state index contributed by atoms with van der Waals surface area (Å²) < 4.78 is 17.3. The number of rotatable bonds is 6. The molecule has 1 aliphatic heterocycles. The summed E-state index contributed by atoms with van der Waals surface area (Å²) in [5.74, 6) is 1.23. The molecule has 2 unspecified atom stereocenters. The van der Waals surface area contributed by atoms with Crippen LogP contribution in [0.25, 0.3) is 0 Å². The summed E-state index contributed by atoms with van der Waals surface area (Å²) >= 11 is 0. The fraction of sp³-hybridized carbons (Fsp3) is 0.643. The number of aromatic nitrogens is 1. The highest BCUT2D eigenvalue weighted by Gasteiger charge is 2.25. The molecule has 5 nitrogen and oxygen atoms in total. The van der Waals surface area contributed by atoms with Gasteiger partial charge in [0.1, 0.15) is 12.2 Å². The third kappa shape index (κ3) is 3.81. The average Bonchev–Trinajstić information content (AvgIpc) is 2.47. The van der Waals surface area contributed by atoms with Crippen LogP contribution in [0, 0.1) is 0 Å². The molecular weight excluding hydrogens is 244 g/mol. The van der Waals surface area contributed by atoms with E-state index in [4.69, 9.17) is 14.2 Å². The molecule has 1 N–H and O–H groups in total. The number of nitrogens with zero attached hydrogens (tertiary/aromatic N) is 1. The van der Waals surface area contributed by atoms with Gasteiger partial charge in [-0.2, -0.15) is 0 Å². The summed E-state index contributed by atoms with van der Waals surface area (Å²) in [6.45, 7) is 7.07. The number of pyridine rings is 1. The van der Waals surface area contributed by atoms with Gasteiger partial charge in [0.25, 0.3) is 5.88 Å². The van der Waals surface area contributed by atoms with Crippen molar-refractivity contribution in [2.45, 2.75) is 32.5 Å². The van der Waals surface area contributed by atoms with E-state index in [0.29, 0.717) is 18.2 Å². The van der Waals surface area contributed by atoms with Crippen LogP contribution in [0.5, 0.6) is 11.6 Å². The van der Waals surface area contributed by atoms with E-state index in [1.807, 2.05) is 19.1 Å². The first kappa shape index (κ1) is 14.1. The Bertz CT molecular complexity index is 381. The largest absolute Gasteiger partial charge is 0.482 e. The Labute approximate surface area is 114 Å². The van der Waals surface area contributed by atoms with Gasteiger partial charge < -0.3 is 19.5 Å². The second kappa shape index (κ2) is 7.31. The summed E-state index contributed by atoms with van der Waals surface area (Å²) in [7, 11) is 0. The molecule has 0 amide bonds. The van der Waals surface area contributed by atoms with Crippen molar-refractivity contribution >= 4 is 0 Å². The third-order valence-electron chi connectivity index (χ3n) is 3.07. The third-order valence-corrected chi connectivity index (χ3v) is 3.07. The zero-order valence-electron chi connectivity index (χ0n) is 11.6. The monoisotopic (exact) mass is 266 g/mol. The fourth-order valence-electron chi connectivity index (χ4n) is 2.12. The lowest BCUT2D eigenvalue weighted by Gasteiger charge is -2.30. The molecule has 0 radical (unpaired) electrons. The minimum atomic E-state index is 0.0104. The van der Waals surface area contributed by atoms with E-state index < -0.39 is 0 Å². The minimum absolute atomic E-state index is 0.0104. The van der Waals surface area contributed by atoms with Crippen LogP contribution in [0.1, 0.15) is 20.3 Å². The van der Waals surface area contributed by atoms with Crippen molar-refractivity contribution in [3.05, 3.63) is 18.3 Å². The number of hydrogen-bond donors (Lipinski definition) is 1. The second-order valence-electron chi connectivity index (χ2n) is 4.42. The molecular formula is C14H22N2O3. The van der Waals surface area contributed by atoms with Crippen LogP contribution in [-0.4, -0.2) is 43.5 Å². The molecule has 0 spiro atoms. The lowest BCUT2D eigenvalue weighted by molar-refractivity contribution is -0.0436. The highest BCUT2D eigenvalue weighted by molar-refractivity contribution is 5.32. The zero-order chi connectivity index (χ0) is 13.5. The van der Waals surface area contributed by atoms with Crippen molar-refractivity contribution in [2.75, 3.05) is 26.3 Å². The average molecular weight is 266 g/mol. The van der Waals surface area contributed by atoms with Crippen molar-refractivity contribution < 1.29 is 14.2 Å². The SMILES string of the molecule is CCOc1ncccc1OC(CC)C1CNCCO1. The van der Waals surface area contributed by atoms with Gasteiger partial charge >= 0.3 is 0 Å². The molecule has 0 bridgehead atoms. The number of morpholine rings is 1. The lowest BCUT2D eigenvalue weighted by Crippen LogP contribution is -2.47. The van der Waals surface area contributed by atoms with Crippen LogP contribution >= 0.6 is 0 Å². The molecule has 1 aromatic rings. The topological polar surface area (TPSA) is 52.6 Å². The van der Waals surface area contributed by atoms with Crippen LogP contribution in [0.15, 0.2) is 18.3 Å². The summed E-state index contributed by atoms with van der Waals surface area (Å²) in [5.41, 5.74) is 0. The smallest absolute Gasteiger partial charge is 0.256 e. The predicted octanol–water partition coefficient (Wildman–Crippen LogP) is 1.63. The van der Waals surface area contributed by atoms with E-state index in [-0.39, 0.29) is 12.2 Å². The molecule has 1 fully saturated rings. The van der Waals surface area contributed by atoms with E-state index in [2.05, 4.69) is 17.2 Å². The van der Waals surface area contributed by atoms with Crippen LogP contribution in [-0.2, 0) is 4.74 Å². The molecule has 5 heteroatoms. The van der Waals surface area contributed by atoms with E-state index >= 15 is 0 Å². The van der Waals surface area contributed by atoms with Crippen molar-refractivity contribution in [1.82, 2.24) is 10.3 Å². The standard InChI is InChI=1S/C14H22N2O3/c1-3-11(13-10-15-8-9-18-13)19-12-6-5-7-16-14(12)17-4-2/h5-7,11,13,15H,3-4,8-10H2,1-2H3. The van der Waals surface area contributed by atoms with Gasteiger partial charge in [-0.1, -0.05) is 6.92 Å². The molecule has 1 aromatic heterocycles. The fourth-order valence-corrected chi connectivity index (χ4v) is 2.12. The van der Waals surface area contributed by atoms with Crippen molar-refractivity contribution in [2.24, 2.45) is 0 Å². The predicted molar refractivity (Wildman–Crippen MR) is 72.7 cm³/mol. The Morgan fingerprint density at radius 3 is 3.11 bits per heavy atom. The first-order valence-electron chi connectivity index (χ1n) is 6.92. The maximum absolute atomic E-state index is 6.03. The van der Waals surface area contributed by atoms with Gasteiger partial charge in [-0.15, -0.1) is 0 Å². The summed E-state index contributed by atoms with van der Waals surface area (Å²) in [6.07, 6.45) is 2.68. The van der Waals surface area contributed by atoms with Crippen molar-refractivity contribution in [3.63, 3.8) is 0 Å². The molecule has 0 aliphatic carbocycles. The van der Waals surface area contributed by atoms with Crippen molar-refractivity contribution in [3.8, 4) is 11.6 Å². The normalized spacial score (nSPS) is 20.8. The second-order valence-corrected chi connectivity index (χ2v) is 4.42. The van der Waals surface area contributed by atoms with Crippen LogP contribution in [0.3, 0.4) is 0 Å². The Morgan fingerprint density at radius 1 is 1.53 bits per heavy atom. The quantitative estimate of drug-likeness (QED) is 0.848. The van der Waals surface area contributed by atoms with Crippen LogP contribution < -0.4 is 14.8 Å². The Balaban J connectivity index is 2.04. The first-order valence-corrected chi connectivity index (χ1v) is 6.92. The summed E-state index contributed by atoms with van der Waals surface area (Å²) in [4.78, 5) is 4.20. The maximum Gasteiger partial charge on any atom is 0.256 e. The maximum atomic E-state index is 6.03. The minimum Gasteiger partial charge on any atom is -0.482 e. The van der Waals surface area contributed by atoms with Gasteiger partial charge in [0.2, 0.25) is 0 Å². The molecule has 1 aliphatic rings. The molecule has 2 heterocycles. The number of hydrogen-bond acceptors (Lipinski definition) is 5. The summed E-state index contributed by atoms with van der Waals surface area (Å²) in [5, 5.41) is 3.32. The van der Waals surface area contributed by atoms with Gasteiger partial charge in [-0.05, 0) is 25.5 Å². The Morgan fingerprint density at radius 2 is 2.42 bits per heavy atom. The van der Waals surface area contributed by atoms with E-state index in [9.17, 15) is 0 Å². The van der Waals surface area contributed by atoms with E-state index in [0.717, 1.165) is 26.1 Å². The molecule has 106 valence electrons. The Hall–Kier alpha value is -1.33. The molecule has 0 saturated carbocycles. The van der Waals surface area contributed by atoms with Crippen molar-refractivity contribution in [1.29, 1.82) is 0 Å². The highest BCUT2D eigenvalue weighted by Crippen LogP contribution is 2.26. The zero-order valence-corrected chi connectivity index (χ0v) is 11.6. The molecule has 0 aromatic carbocycles. The highest BCUT2D eigenvalue weighted by atomic mass is 16.6. The van der Waals surface area contributed by atoms with Crippen LogP contribution in [0.4, 0.5) is 0 Å². The summed E-state index contributed by atoms with van der Waals surface area (Å²) in [6, 6.07) is 3.74. The van der Waals surface area contributed by atoms with E-state index in [1.165, 1.54) is 0 Å². The first-order chi connectivity index (χ1) is 9.35. The van der Waals surface area contributed by atoms with Crippen LogP contribution in [0.2, 0.25) is 0 Å². The van der Waals surface area contributed by atoms with Gasteiger partial charge in [0, 0.05) is 19.3 Å². The number of ether oxygens (including phenoxy) is 3. The van der Waals surface area contributed by atoms with Gasteiger partial charge in [-0.25, -0.2) is 4.98 Å². The lowest BCUT2D eigenvalue weighted by atomic mass is 10.1. The molecule has 2 atom stereocenters. The van der Waals surface area contributed by atoms with Gasteiger partial charge in [0.05, 0.1) is 13.2 Å².